The average molecular weight is 1570 g/mol. The molecule has 23 nitrogen and oxygen atoms in total. The standard InChI is InChI=1S/C82H107ClN12O11S3/c1-56(58-18-20-60(21-19-58)76-57(2)84-55-108-76)85-79(101)73-48-67(97)52-94(73)80(102)77(81(3,4)5)87-74(98)16-12-7-8-13-17-75(99)93-44-40-90(41-45-93)54-82(6)36-34-70(59-22-26-63(83)27-23-59)62(50-82)51-89-38-42-92(43-39-89)65-28-24-61(25-29-65)78(100)88-109(105,106)69-32-33-71(72(49-69)95(103)104)86-64(53-107-68-14-10-9-11-15-68)35-37-91(46-47-96)66-30-31-66/h9-11,14-15,18-29,32-33,49,55-56,64,66-67,73,77,86,96-97H,7-8,12-13,16-17,30-31,34-48,50-54H2,1-6H3,(H,85,101)(H,87,98)(H,88,100)/t56-,64+,67+,73-,77+,82?/m0/s1. The molecule has 1 saturated carbocycles. The highest BCUT2D eigenvalue weighted by Gasteiger charge is 2.45. The van der Waals surface area contributed by atoms with Gasteiger partial charge in [0.05, 0.1) is 44.7 Å². The number of hydrogen-bond acceptors (Lipinski definition) is 19. The zero-order valence-electron chi connectivity index (χ0n) is 63.6. The SMILES string of the molecule is Cc1ncsc1-c1ccc([C@H](C)NC(=O)[C@@H]2C[C@@H](O)CN2C(=O)[C@@H](NC(=O)CCCCCCC(=O)N2CCN(CC3(C)CCC(c4ccc(Cl)cc4)=C(CN4CCN(c5ccc(C(=O)NS(=O)(=O)c6ccc(N[C@H](CCN(CCO)C7CC7)CSc7ccccc7)c([N+](=O)[O-])c6)cc5)CC4)C3)CC2)C(C)(C)C)cc1. The third-order valence-corrected chi connectivity index (χ3v) is 25.7. The number of sulfonamides is 1. The lowest BCUT2D eigenvalue weighted by atomic mass is 9.71. The molecule has 6 N–H and O–H groups in total. The van der Waals surface area contributed by atoms with Crippen LogP contribution in [-0.4, -0.2) is 210 Å². The lowest BCUT2D eigenvalue weighted by Gasteiger charge is -2.44. The highest BCUT2D eigenvalue weighted by atomic mass is 35.5. The van der Waals surface area contributed by atoms with E-state index in [0.717, 1.165) is 136 Å². The first kappa shape index (κ1) is 82.2. The van der Waals surface area contributed by atoms with Crippen LogP contribution in [0.3, 0.4) is 0 Å². The molecule has 5 aromatic carbocycles. The molecule has 3 saturated heterocycles. The molecule has 6 atom stereocenters. The molecule has 5 amide bonds. The number of thiazole rings is 1. The molecule has 0 radical (unpaired) electrons. The monoisotopic (exact) mass is 1570 g/mol. The summed E-state index contributed by atoms with van der Waals surface area (Å²) < 4.78 is 29.7. The van der Waals surface area contributed by atoms with E-state index in [0.29, 0.717) is 68.7 Å². The Morgan fingerprint density at radius 2 is 1.51 bits per heavy atom. The van der Waals surface area contributed by atoms with Crippen LogP contribution in [0, 0.1) is 27.9 Å². The molecule has 1 aromatic heterocycles. The number of halogens is 1. The number of aryl methyl sites for hydroxylation is 1. The molecule has 1 unspecified atom stereocenters. The minimum Gasteiger partial charge on any atom is -0.395 e. The average Bonchev–Trinajstić information content (AvgIpc) is 1.57. The van der Waals surface area contributed by atoms with Crippen molar-refractivity contribution < 1.29 is 47.5 Å². The summed E-state index contributed by atoms with van der Waals surface area (Å²) in [5.41, 5.74) is 8.76. The van der Waals surface area contributed by atoms with Crippen LogP contribution in [0.2, 0.25) is 5.02 Å². The number of nitrogens with zero attached hydrogens (tertiary/aromatic N) is 8. The van der Waals surface area contributed by atoms with Gasteiger partial charge in [-0.05, 0) is 159 Å². The Morgan fingerprint density at radius 3 is 2.17 bits per heavy atom. The topological polar surface area (TPSA) is 284 Å². The molecule has 3 aliphatic heterocycles. The number of allylic oxidation sites excluding steroid dienone is 1. The number of piperazine rings is 2. The van der Waals surface area contributed by atoms with Gasteiger partial charge in [0, 0.05) is 149 Å². The van der Waals surface area contributed by atoms with E-state index in [-0.39, 0.29) is 72.5 Å². The smallest absolute Gasteiger partial charge is 0.293 e. The molecule has 6 aromatic rings. The van der Waals surface area contributed by atoms with Crippen molar-refractivity contribution in [2.45, 2.75) is 171 Å². The number of likely N-dealkylation sites (tertiary alicyclic amines) is 1. The van der Waals surface area contributed by atoms with Gasteiger partial charge < -0.3 is 40.9 Å². The second kappa shape index (κ2) is 37.5. The van der Waals surface area contributed by atoms with E-state index >= 15 is 0 Å². The number of amides is 5. The number of thioether (sulfide) groups is 1. The van der Waals surface area contributed by atoms with E-state index in [4.69, 9.17) is 11.6 Å². The molecule has 4 fully saturated rings. The summed E-state index contributed by atoms with van der Waals surface area (Å²) in [4.78, 5) is 99.8. The number of carbonyl (C=O) groups is 5. The van der Waals surface area contributed by atoms with Crippen LogP contribution in [-0.2, 0) is 29.2 Å². The number of nitro benzene ring substituents is 1. The Bertz CT molecular complexity index is 4260. The molecular weight excluding hydrogens is 1460 g/mol. The summed E-state index contributed by atoms with van der Waals surface area (Å²) >= 11 is 9.60. The van der Waals surface area contributed by atoms with Crippen molar-refractivity contribution >= 4 is 96.9 Å². The van der Waals surface area contributed by atoms with Crippen LogP contribution in [0.1, 0.15) is 151 Å². The van der Waals surface area contributed by atoms with Gasteiger partial charge >= 0.3 is 0 Å². The summed E-state index contributed by atoms with van der Waals surface area (Å²) in [6, 6.07) is 34.4. The van der Waals surface area contributed by atoms with Crippen LogP contribution >= 0.6 is 34.7 Å². The summed E-state index contributed by atoms with van der Waals surface area (Å²) in [6.07, 6.45) is 8.35. The number of rotatable bonds is 34. The van der Waals surface area contributed by atoms with E-state index in [2.05, 4.69) is 64.3 Å². The fourth-order valence-electron chi connectivity index (χ4n) is 15.6. The number of hydrogen-bond donors (Lipinski definition) is 6. The lowest BCUT2D eigenvalue weighted by molar-refractivity contribution is -0.384. The van der Waals surface area contributed by atoms with Crippen molar-refractivity contribution in [1.82, 2.24) is 44.8 Å². The Balaban J connectivity index is 0.606. The van der Waals surface area contributed by atoms with Gasteiger partial charge in [0.1, 0.15) is 17.8 Å². The van der Waals surface area contributed by atoms with E-state index in [1.54, 1.807) is 35.2 Å². The predicted molar refractivity (Wildman–Crippen MR) is 431 cm³/mol. The maximum absolute atomic E-state index is 14.3. The molecule has 27 heteroatoms. The first-order valence-electron chi connectivity index (χ1n) is 38.5. The lowest BCUT2D eigenvalue weighted by Crippen LogP contribution is -2.57. The third-order valence-electron chi connectivity index (χ3n) is 21.9. The minimum absolute atomic E-state index is 0.00776. The molecule has 109 heavy (non-hydrogen) atoms. The van der Waals surface area contributed by atoms with Gasteiger partial charge in [0.2, 0.25) is 23.6 Å². The predicted octanol–water partition coefficient (Wildman–Crippen LogP) is 11.8. The van der Waals surface area contributed by atoms with Crippen molar-refractivity contribution in [2.24, 2.45) is 10.8 Å². The molecule has 2 aliphatic carbocycles. The summed E-state index contributed by atoms with van der Waals surface area (Å²) in [5.74, 6) is -1.16. The minimum atomic E-state index is -4.53. The van der Waals surface area contributed by atoms with Crippen molar-refractivity contribution in [1.29, 1.82) is 0 Å². The Labute approximate surface area is 655 Å². The van der Waals surface area contributed by atoms with Gasteiger partial charge in [-0.2, -0.15) is 0 Å². The number of aromatic nitrogens is 1. The maximum atomic E-state index is 14.3. The van der Waals surface area contributed by atoms with Gasteiger partial charge in [-0.15, -0.1) is 23.1 Å². The third kappa shape index (κ3) is 22.5. The Morgan fingerprint density at radius 1 is 0.835 bits per heavy atom. The quantitative estimate of drug-likeness (QED) is 0.00947. The van der Waals surface area contributed by atoms with Crippen molar-refractivity contribution in [3.8, 4) is 10.4 Å². The Kier molecular flexibility index (Phi) is 28.3. The molecule has 5 aliphatic rings. The number of carbonyl (C=O) groups excluding carboxylic acids is 5. The van der Waals surface area contributed by atoms with E-state index in [9.17, 15) is 52.7 Å². The number of aliphatic hydroxyl groups is 2. The maximum Gasteiger partial charge on any atom is 0.293 e. The van der Waals surface area contributed by atoms with Crippen LogP contribution in [0.15, 0.2) is 142 Å². The number of β-amino-alcohol motifs (C(OH)–C–C–N with tert-alkyl or cyclic N) is 1. The number of nitro groups is 1. The summed E-state index contributed by atoms with van der Waals surface area (Å²) in [7, 11) is -4.53. The second-order valence-corrected chi connectivity index (χ2v) is 35.5. The number of aliphatic hydroxyl groups excluding tert-OH is 2. The fraction of sp³-hybridized carbons (Fsp3) is 0.512. The van der Waals surface area contributed by atoms with Gasteiger partial charge in [-0.1, -0.05) is 112 Å². The number of nitrogens with one attached hydrogen (secondary N) is 4. The molecule has 0 spiro atoms. The number of anilines is 2. The van der Waals surface area contributed by atoms with Gasteiger partial charge in [0.25, 0.3) is 21.6 Å². The summed E-state index contributed by atoms with van der Waals surface area (Å²) in [6.45, 7) is 20.8. The normalized spacial score (nSPS) is 19.7. The zero-order valence-corrected chi connectivity index (χ0v) is 66.8. The van der Waals surface area contributed by atoms with E-state index in [1.807, 2.05) is 124 Å². The molecule has 586 valence electrons. The van der Waals surface area contributed by atoms with Crippen LogP contribution in [0.5, 0.6) is 0 Å². The highest BCUT2D eigenvalue weighted by Crippen LogP contribution is 2.45. The van der Waals surface area contributed by atoms with Crippen LogP contribution in [0.4, 0.5) is 17.1 Å². The first-order chi connectivity index (χ1) is 52.2. The molecular formula is C82H107ClN12O11S3. The second-order valence-electron chi connectivity index (χ2n) is 31.5. The van der Waals surface area contributed by atoms with E-state index in [1.165, 1.54) is 33.7 Å². The number of unbranched alkanes of at least 4 members (excludes halogenated alkanes) is 3. The van der Waals surface area contributed by atoms with Gasteiger partial charge in [-0.25, -0.2) is 18.1 Å². The van der Waals surface area contributed by atoms with Crippen molar-refractivity contribution in [2.75, 3.05) is 108 Å². The Hall–Kier alpha value is -7.79. The first-order valence-corrected chi connectivity index (χ1v) is 42.2. The van der Waals surface area contributed by atoms with Crippen molar-refractivity contribution in [3.05, 3.63) is 170 Å². The molecule has 11 rings (SSSR count). The van der Waals surface area contributed by atoms with Crippen molar-refractivity contribution in [3.63, 3.8) is 0 Å². The molecule has 0 bridgehead atoms. The van der Waals surface area contributed by atoms with Crippen LogP contribution < -0.4 is 25.6 Å². The number of benzene rings is 5. The largest absolute Gasteiger partial charge is 0.395 e. The fourth-order valence-corrected chi connectivity index (χ4v) is 18.5. The van der Waals surface area contributed by atoms with Gasteiger partial charge in [-0.3, -0.25) is 48.8 Å². The highest BCUT2D eigenvalue weighted by molar-refractivity contribution is 7.99. The van der Waals surface area contributed by atoms with E-state index < -0.39 is 60.9 Å². The van der Waals surface area contributed by atoms with Crippen LogP contribution in [0.25, 0.3) is 16.0 Å². The van der Waals surface area contributed by atoms with Gasteiger partial charge in [0.15, 0.2) is 0 Å². The molecule has 4 heterocycles. The zero-order chi connectivity index (χ0) is 77.6. The summed E-state index contributed by atoms with van der Waals surface area (Å²) in [5, 5.41) is 43.1.